The minimum atomic E-state index is -0.175. The lowest BCUT2D eigenvalue weighted by atomic mass is 10.3. The second-order valence-corrected chi connectivity index (χ2v) is 7.22. The Balaban J connectivity index is 2.34. The van der Waals surface area contributed by atoms with Crippen LogP contribution >= 0.6 is 50.2 Å². The molecule has 2 aromatic rings. The average Bonchev–Trinajstić information content (AvgIpc) is 2.72. The summed E-state index contributed by atoms with van der Waals surface area (Å²) in [6, 6.07) is 1.79. The topological polar surface area (TPSA) is 38.9 Å². The van der Waals surface area contributed by atoms with Crippen molar-refractivity contribution >= 4 is 50.2 Å². The molecule has 2 nitrogen and oxygen atoms in total. The molecule has 16 heavy (non-hydrogen) atoms. The minimum Gasteiger partial charge on any atom is -0.318 e. The van der Waals surface area contributed by atoms with Crippen LogP contribution < -0.4 is 5.73 Å². The summed E-state index contributed by atoms with van der Waals surface area (Å²) in [4.78, 5) is 6.72. The molecule has 0 spiro atoms. The van der Waals surface area contributed by atoms with Crippen molar-refractivity contribution in [3.8, 4) is 0 Å². The number of thiophene rings is 1. The molecule has 1 unspecified atom stereocenters. The highest BCUT2D eigenvalue weighted by molar-refractivity contribution is 9.10. The van der Waals surface area contributed by atoms with E-state index in [2.05, 4.69) is 27.8 Å². The van der Waals surface area contributed by atoms with Gasteiger partial charge in [0, 0.05) is 14.2 Å². The molecular weight excluding hydrogens is 328 g/mol. The SMILES string of the molecule is Cc1nc(C(N)c2cc(Br)c(Cl)s2)sc1C. The number of aryl methyl sites for hydroxylation is 2. The van der Waals surface area contributed by atoms with E-state index in [1.54, 1.807) is 11.3 Å². The maximum Gasteiger partial charge on any atom is 0.115 e. The van der Waals surface area contributed by atoms with Gasteiger partial charge in [0.05, 0.1) is 11.7 Å². The second kappa shape index (κ2) is 4.74. The van der Waals surface area contributed by atoms with Crippen LogP contribution in [0.4, 0.5) is 0 Å². The van der Waals surface area contributed by atoms with E-state index in [0.29, 0.717) is 0 Å². The van der Waals surface area contributed by atoms with E-state index < -0.39 is 0 Å². The average molecular weight is 338 g/mol. The molecule has 1 atom stereocenters. The van der Waals surface area contributed by atoms with Crippen LogP contribution in [-0.4, -0.2) is 4.98 Å². The van der Waals surface area contributed by atoms with Gasteiger partial charge in [-0.25, -0.2) is 4.98 Å². The first-order chi connectivity index (χ1) is 7.49. The second-order valence-electron chi connectivity index (χ2n) is 3.44. The fourth-order valence-corrected chi connectivity index (χ4v) is 4.03. The lowest BCUT2D eigenvalue weighted by molar-refractivity contribution is 0.871. The fraction of sp³-hybridized carbons (Fsp3) is 0.300. The summed E-state index contributed by atoms with van der Waals surface area (Å²) in [7, 11) is 0. The number of nitrogens with zero attached hydrogens (tertiary/aromatic N) is 1. The molecule has 0 radical (unpaired) electrons. The molecule has 0 saturated heterocycles. The number of hydrogen-bond donors (Lipinski definition) is 1. The molecule has 0 fully saturated rings. The largest absolute Gasteiger partial charge is 0.318 e. The summed E-state index contributed by atoms with van der Waals surface area (Å²) in [6.07, 6.45) is 0. The molecule has 0 aliphatic rings. The van der Waals surface area contributed by atoms with Gasteiger partial charge >= 0.3 is 0 Å². The molecule has 2 N–H and O–H groups in total. The first kappa shape index (κ1) is 12.5. The first-order valence-electron chi connectivity index (χ1n) is 4.63. The monoisotopic (exact) mass is 336 g/mol. The lowest BCUT2D eigenvalue weighted by Gasteiger charge is -2.04. The number of hydrogen-bond acceptors (Lipinski definition) is 4. The zero-order valence-electron chi connectivity index (χ0n) is 8.75. The van der Waals surface area contributed by atoms with Crippen LogP contribution in [0.3, 0.4) is 0 Å². The molecule has 2 aromatic heterocycles. The van der Waals surface area contributed by atoms with Crippen LogP contribution in [-0.2, 0) is 0 Å². The van der Waals surface area contributed by atoms with E-state index in [4.69, 9.17) is 17.3 Å². The third kappa shape index (κ3) is 2.33. The molecule has 2 rings (SSSR count). The first-order valence-corrected chi connectivity index (χ1v) is 7.43. The molecular formula is C10H10BrClN2S2. The van der Waals surface area contributed by atoms with Crippen LogP contribution in [0.2, 0.25) is 4.34 Å². The number of rotatable bonds is 2. The Morgan fingerprint density at radius 2 is 2.12 bits per heavy atom. The van der Waals surface area contributed by atoms with E-state index in [-0.39, 0.29) is 6.04 Å². The normalized spacial score (nSPS) is 13.1. The van der Waals surface area contributed by atoms with Gasteiger partial charge in [-0.15, -0.1) is 22.7 Å². The maximum absolute atomic E-state index is 6.16. The fourth-order valence-electron chi connectivity index (χ4n) is 1.27. The van der Waals surface area contributed by atoms with Crippen molar-refractivity contribution in [1.29, 1.82) is 0 Å². The highest BCUT2D eigenvalue weighted by Crippen LogP contribution is 2.37. The number of aromatic nitrogens is 1. The molecule has 0 bridgehead atoms. The summed E-state index contributed by atoms with van der Waals surface area (Å²) in [5.74, 6) is 0. The Bertz CT molecular complexity index is 436. The summed E-state index contributed by atoms with van der Waals surface area (Å²) in [6.45, 7) is 4.06. The van der Waals surface area contributed by atoms with Gasteiger partial charge in [0.2, 0.25) is 0 Å². The van der Waals surface area contributed by atoms with Gasteiger partial charge in [0.25, 0.3) is 0 Å². The summed E-state index contributed by atoms with van der Waals surface area (Å²) in [5, 5.41) is 0.945. The van der Waals surface area contributed by atoms with Crippen molar-refractivity contribution in [1.82, 2.24) is 4.98 Å². The van der Waals surface area contributed by atoms with Crippen molar-refractivity contribution in [2.45, 2.75) is 19.9 Å². The third-order valence-corrected chi connectivity index (χ3v) is 6.00. The molecule has 0 amide bonds. The maximum atomic E-state index is 6.16. The van der Waals surface area contributed by atoms with Crippen LogP contribution in [0, 0.1) is 13.8 Å². The van der Waals surface area contributed by atoms with Crippen molar-refractivity contribution < 1.29 is 0 Å². The van der Waals surface area contributed by atoms with Gasteiger partial charge in [0.1, 0.15) is 9.34 Å². The minimum absolute atomic E-state index is 0.175. The van der Waals surface area contributed by atoms with E-state index in [1.807, 2.05) is 13.0 Å². The predicted octanol–water partition coefficient (Wildman–Crippen LogP) is 4.29. The van der Waals surface area contributed by atoms with Gasteiger partial charge in [-0.3, -0.25) is 0 Å². The van der Waals surface area contributed by atoms with Gasteiger partial charge in [0.15, 0.2) is 0 Å². The highest BCUT2D eigenvalue weighted by atomic mass is 79.9. The molecule has 0 aliphatic heterocycles. The molecule has 2 heterocycles. The molecule has 86 valence electrons. The predicted molar refractivity (Wildman–Crippen MR) is 74.6 cm³/mol. The van der Waals surface area contributed by atoms with Gasteiger partial charge in [-0.1, -0.05) is 11.6 Å². The van der Waals surface area contributed by atoms with Crippen molar-refractivity contribution in [2.24, 2.45) is 5.73 Å². The van der Waals surface area contributed by atoms with Crippen molar-refractivity contribution in [3.05, 3.63) is 35.3 Å². The molecule has 6 heteroatoms. The smallest absolute Gasteiger partial charge is 0.115 e. The Hall–Kier alpha value is 0.0600. The van der Waals surface area contributed by atoms with Crippen molar-refractivity contribution in [3.63, 3.8) is 0 Å². The molecule has 0 aliphatic carbocycles. The third-order valence-electron chi connectivity index (χ3n) is 2.28. The zero-order chi connectivity index (χ0) is 11.9. The summed E-state index contributed by atoms with van der Waals surface area (Å²) < 4.78 is 1.63. The Morgan fingerprint density at radius 1 is 1.44 bits per heavy atom. The quantitative estimate of drug-likeness (QED) is 0.888. The Labute approximate surface area is 116 Å². The Kier molecular flexibility index (Phi) is 3.71. The van der Waals surface area contributed by atoms with Gasteiger partial charge < -0.3 is 5.73 Å². The van der Waals surface area contributed by atoms with E-state index in [9.17, 15) is 0 Å². The molecule has 0 aromatic carbocycles. The summed E-state index contributed by atoms with van der Waals surface area (Å²) >= 11 is 12.5. The number of thiazole rings is 1. The summed E-state index contributed by atoms with van der Waals surface area (Å²) in [5.41, 5.74) is 7.21. The number of halogens is 2. The number of nitrogens with two attached hydrogens (primary N) is 1. The van der Waals surface area contributed by atoms with E-state index >= 15 is 0 Å². The standard InChI is InChI=1S/C10H10BrClN2S2/c1-4-5(2)15-10(14-4)8(13)7-3-6(11)9(12)16-7/h3,8H,13H2,1-2H3. The lowest BCUT2D eigenvalue weighted by Crippen LogP contribution is -2.09. The van der Waals surface area contributed by atoms with Crippen LogP contribution in [0.15, 0.2) is 10.5 Å². The zero-order valence-corrected chi connectivity index (χ0v) is 12.7. The van der Waals surface area contributed by atoms with E-state index in [1.165, 1.54) is 16.2 Å². The highest BCUT2D eigenvalue weighted by Gasteiger charge is 2.17. The van der Waals surface area contributed by atoms with Crippen LogP contribution in [0.5, 0.6) is 0 Å². The van der Waals surface area contributed by atoms with Crippen LogP contribution in [0.1, 0.15) is 26.5 Å². The van der Waals surface area contributed by atoms with E-state index in [0.717, 1.165) is 24.4 Å². The van der Waals surface area contributed by atoms with Crippen LogP contribution in [0.25, 0.3) is 0 Å². The van der Waals surface area contributed by atoms with Gasteiger partial charge in [-0.05, 0) is 35.8 Å². The van der Waals surface area contributed by atoms with Gasteiger partial charge in [-0.2, -0.15) is 0 Å². The Morgan fingerprint density at radius 3 is 2.56 bits per heavy atom. The molecule has 0 saturated carbocycles. The van der Waals surface area contributed by atoms with Crippen molar-refractivity contribution in [2.75, 3.05) is 0 Å².